The molecule has 3 rings (SSSR count). The van der Waals surface area contributed by atoms with Crippen molar-refractivity contribution in [3.8, 4) is 0 Å². The van der Waals surface area contributed by atoms with E-state index < -0.39 is 0 Å². The molecule has 1 heterocycles. The van der Waals surface area contributed by atoms with Crippen LogP contribution in [0.15, 0.2) is 30.1 Å². The molecule has 1 aromatic rings. The van der Waals surface area contributed by atoms with Crippen molar-refractivity contribution < 1.29 is 9.59 Å². The molecule has 0 spiro atoms. The SMILES string of the molecule is O=C(NCCC1=CCCCC1)c1cncc(C(=O)NC2CCCCC2)c1. The van der Waals surface area contributed by atoms with Crippen LogP contribution in [0.5, 0.6) is 0 Å². The predicted molar refractivity (Wildman–Crippen MR) is 102 cm³/mol. The molecule has 0 saturated heterocycles. The van der Waals surface area contributed by atoms with Gasteiger partial charge in [-0.15, -0.1) is 0 Å². The van der Waals surface area contributed by atoms with Crippen LogP contribution in [0.25, 0.3) is 0 Å². The number of nitrogens with one attached hydrogen (secondary N) is 2. The van der Waals surface area contributed by atoms with Crippen molar-refractivity contribution in [2.75, 3.05) is 6.54 Å². The van der Waals surface area contributed by atoms with Crippen molar-refractivity contribution >= 4 is 11.8 Å². The van der Waals surface area contributed by atoms with Gasteiger partial charge in [-0.05, 0) is 51.0 Å². The Labute approximate surface area is 155 Å². The van der Waals surface area contributed by atoms with Gasteiger partial charge in [-0.2, -0.15) is 0 Å². The fourth-order valence-electron chi connectivity index (χ4n) is 3.77. The maximum atomic E-state index is 12.4. The molecule has 0 unspecified atom stereocenters. The summed E-state index contributed by atoms with van der Waals surface area (Å²) in [6.07, 6.45) is 16.7. The fraction of sp³-hybridized carbons (Fsp3) is 0.571. The highest BCUT2D eigenvalue weighted by Crippen LogP contribution is 2.19. The molecule has 2 amide bonds. The molecule has 2 aliphatic carbocycles. The third kappa shape index (κ3) is 5.41. The normalized spacial score (nSPS) is 18.1. The Balaban J connectivity index is 1.51. The molecule has 2 N–H and O–H groups in total. The minimum absolute atomic E-state index is 0.133. The van der Waals surface area contributed by atoms with Crippen LogP contribution in [0.2, 0.25) is 0 Å². The van der Waals surface area contributed by atoms with Crippen molar-refractivity contribution in [1.29, 1.82) is 0 Å². The van der Waals surface area contributed by atoms with Crippen molar-refractivity contribution in [2.45, 2.75) is 70.3 Å². The van der Waals surface area contributed by atoms with Gasteiger partial charge in [0, 0.05) is 25.0 Å². The van der Waals surface area contributed by atoms with E-state index in [4.69, 9.17) is 0 Å². The van der Waals surface area contributed by atoms with Crippen LogP contribution < -0.4 is 10.6 Å². The lowest BCUT2D eigenvalue weighted by atomic mass is 9.95. The van der Waals surface area contributed by atoms with Gasteiger partial charge in [0.05, 0.1) is 11.1 Å². The van der Waals surface area contributed by atoms with E-state index in [-0.39, 0.29) is 17.9 Å². The Kier molecular flexibility index (Phi) is 6.81. The van der Waals surface area contributed by atoms with Gasteiger partial charge in [0.15, 0.2) is 0 Å². The summed E-state index contributed by atoms with van der Waals surface area (Å²) in [5.74, 6) is -0.298. The summed E-state index contributed by atoms with van der Waals surface area (Å²) in [5, 5.41) is 6.01. The summed E-state index contributed by atoms with van der Waals surface area (Å²) in [7, 11) is 0. The van der Waals surface area contributed by atoms with Crippen LogP contribution in [-0.2, 0) is 0 Å². The molecule has 0 aromatic carbocycles. The van der Waals surface area contributed by atoms with Crippen LogP contribution in [0.1, 0.15) is 84.9 Å². The molecular formula is C21H29N3O2. The molecular weight excluding hydrogens is 326 g/mol. The quantitative estimate of drug-likeness (QED) is 0.763. The van der Waals surface area contributed by atoms with E-state index in [0.29, 0.717) is 17.7 Å². The van der Waals surface area contributed by atoms with E-state index >= 15 is 0 Å². The number of carbonyl (C=O) groups is 2. The van der Waals surface area contributed by atoms with E-state index in [9.17, 15) is 9.59 Å². The second kappa shape index (κ2) is 9.51. The maximum Gasteiger partial charge on any atom is 0.253 e. The van der Waals surface area contributed by atoms with Crippen molar-refractivity contribution in [1.82, 2.24) is 15.6 Å². The minimum Gasteiger partial charge on any atom is -0.352 e. The molecule has 26 heavy (non-hydrogen) atoms. The highest BCUT2D eigenvalue weighted by molar-refractivity contribution is 5.99. The summed E-state index contributed by atoms with van der Waals surface area (Å²) in [5.41, 5.74) is 2.34. The third-order valence-corrected chi connectivity index (χ3v) is 5.32. The number of amides is 2. The number of carbonyl (C=O) groups excluding carboxylic acids is 2. The van der Waals surface area contributed by atoms with E-state index in [2.05, 4.69) is 21.7 Å². The molecule has 140 valence electrons. The van der Waals surface area contributed by atoms with Gasteiger partial charge in [-0.25, -0.2) is 0 Å². The zero-order valence-electron chi connectivity index (χ0n) is 15.4. The van der Waals surface area contributed by atoms with Gasteiger partial charge in [0.2, 0.25) is 0 Å². The van der Waals surface area contributed by atoms with Crippen molar-refractivity contribution in [3.05, 3.63) is 41.2 Å². The second-order valence-corrected chi connectivity index (χ2v) is 7.38. The first-order chi connectivity index (χ1) is 12.7. The van der Waals surface area contributed by atoms with Gasteiger partial charge in [-0.1, -0.05) is 30.9 Å². The highest BCUT2D eigenvalue weighted by Gasteiger charge is 2.18. The zero-order valence-corrected chi connectivity index (χ0v) is 15.4. The molecule has 0 radical (unpaired) electrons. The molecule has 0 bridgehead atoms. The van der Waals surface area contributed by atoms with Gasteiger partial charge >= 0.3 is 0 Å². The molecule has 0 aliphatic heterocycles. The average Bonchev–Trinajstić information content (AvgIpc) is 2.69. The Morgan fingerprint density at radius 2 is 1.77 bits per heavy atom. The van der Waals surface area contributed by atoms with Gasteiger partial charge in [-0.3, -0.25) is 14.6 Å². The largest absolute Gasteiger partial charge is 0.352 e. The monoisotopic (exact) mass is 355 g/mol. The van der Waals surface area contributed by atoms with Gasteiger partial charge < -0.3 is 10.6 Å². The number of nitrogens with zero attached hydrogens (tertiary/aromatic N) is 1. The molecule has 0 atom stereocenters. The van der Waals surface area contributed by atoms with Crippen LogP contribution in [0, 0.1) is 0 Å². The summed E-state index contributed by atoms with van der Waals surface area (Å²) >= 11 is 0. The molecule has 1 aromatic heterocycles. The van der Waals surface area contributed by atoms with Crippen LogP contribution >= 0.6 is 0 Å². The highest BCUT2D eigenvalue weighted by atomic mass is 16.2. The average molecular weight is 355 g/mol. The topological polar surface area (TPSA) is 71.1 Å². The lowest BCUT2D eigenvalue weighted by molar-refractivity contribution is 0.0927. The molecule has 5 nitrogen and oxygen atoms in total. The number of hydrogen-bond acceptors (Lipinski definition) is 3. The van der Waals surface area contributed by atoms with Crippen molar-refractivity contribution in [3.63, 3.8) is 0 Å². The van der Waals surface area contributed by atoms with E-state index in [1.165, 1.54) is 50.1 Å². The smallest absolute Gasteiger partial charge is 0.253 e. The Hall–Kier alpha value is -2.17. The summed E-state index contributed by atoms with van der Waals surface area (Å²) < 4.78 is 0. The van der Waals surface area contributed by atoms with E-state index in [1.807, 2.05) is 0 Å². The van der Waals surface area contributed by atoms with Crippen molar-refractivity contribution in [2.24, 2.45) is 0 Å². The van der Waals surface area contributed by atoms with Crippen LogP contribution in [0.3, 0.4) is 0 Å². The summed E-state index contributed by atoms with van der Waals surface area (Å²) in [6, 6.07) is 1.89. The van der Waals surface area contributed by atoms with Crippen LogP contribution in [-0.4, -0.2) is 29.4 Å². The Morgan fingerprint density at radius 3 is 2.50 bits per heavy atom. The molecule has 1 fully saturated rings. The van der Waals surface area contributed by atoms with Gasteiger partial charge in [0.1, 0.15) is 0 Å². The number of rotatable bonds is 6. The maximum absolute atomic E-state index is 12.4. The lowest BCUT2D eigenvalue weighted by Crippen LogP contribution is -2.36. The fourth-order valence-corrected chi connectivity index (χ4v) is 3.77. The Bertz CT molecular complexity index is 663. The zero-order chi connectivity index (χ0) is 18.2. The Morgan fingerprint density at radius 1 is 1.00 bits per heavy atom. The number of allylic oxidation sites excluding steroid dienone is 1. The number of aromatic nitrogens is 1. The first-order valence-corrected chi connectivity index (χ1v) is 9.94. The predicted octanol–water partition coefficient (Wildman–Crippen LogP) is 3.76. The van der Waals surface area contributed by atoms with Gasteiger partial charge in [0.25, 0.3) is 11.8 Å². The standard InChI is InChI=1S/C21H29N3O2/c25-20(23-12-11-16-7-3-1-4-8-16)17-13-18(15-22-14-17)21(26)24-19-9-5-2-6-10-19/h7,13-15,19H,1-6,8-12H2,(H,23,25)(H,24,26). The molecule has 5 heteroatoms. The lowest BCUT2D eigenvalue weighted by Gasteiger charge is -2.22. The molecule has 1 saturated carbocycles. The summed E-state index contributed by atoms with van der Waals surface area (Å²) in [6.45, 7) is 0.628. The number of hydrogen-bond donors (Lipinski definition) is 2. The number of pyridine rings is 1. The first-order valence-electron chi connectivity index (χ1n) is 9.94. The van der Waals surface area contributed by atoms with Crippen LogP contribution in [0.4, 0.5) is 0 Å². The van der Waals surface area contributed by atoms with E-state index in [1.54, 1.807) is 6.07 Å². The summed E-state index contributed by atoms with van der Waals surface area (Å²) in [4.78, 5) is 28.9. The first kappa shape index (κ1) is 18.6. The minimum atomic E-state index is -0.166. The molecule has 2 aliphatic rings. The van der Waals surface area contributed by atoms with E-state index in [0.717, 1.165) is 32.1 Å². The third-order valence-electron chi connectivity index (χ3n) is 5.32. The second-order valence-electron chi connectivity index (χ2n) is 7.38.